The van der Waals surface area contributed by atoms with E-state index in [1.807, 2.05) is 6.07 Å². The van der Waals surface area contributed by atoms with Crippen LogP contribution in [0.2, 0.25) is 0 Å². The van der Waals surface area contributed by atoms with Crippen molar-refractivity contribution in [1.82, 2.24) is 5.32 Å². The minimum absolute atomic E-state index is 0.662. The molecule has 0 saturated heterocycles. The number of ether oxygens (including phenoxy) is 2. The van der Waals surface area contributed by atoms with Gasteiger partial charge in [-0.05, 0) is 42.9 Å². The summed E-state index contributed by atoms with van der Waals surface area (Å²) in [6.45, 7) is 6.19. The molecule has 0 spiro atoms. The van der Waals surface area contributed by atoms with Gasteiger partial charge in [0.15, 0.2) is 11.5 Å². The van der Waals surface area contributed by atoms with Crippen LogP contribution in [0.1, 0.15) is 57.9 Å². The van der Waals surface area contributed by atoms with E-state index in [0.29, 0.717) is 6.04 Å². The molecule has 0 amide bonds. The predicted molar refractivity (Wildman–Crippen MR) is 91.7 cm³/mol. The molecule has 0 radical (unpaired) electrons. The maximum Gasteiger partial charge on any atom is 0.161 e. The zero-order chi connectivity index (χ0) is 15.8. The Bertz CT molecular complexity index is 447. The van der Waals surface area contributed by atoms with E-state index in [1.54, 1.807) is 7.11 Å². The van der Waals surface area contributed by atoms with Crippen molar-refractivity contribution in [2.24, 2.45) is 5.92 Å². The largest absolute Gasteiger partial charge is 0.493 e. The first-order valence-electron chi connectivity index (χ1n) is 8.76. The Morgan fingerprint density at radius 2 is 2.09 bits per heavy atom. The molecule has 124 valence electrons. The summed E-state index contributed by atoms with van der Waals surface area (Å²) in [5.41, 5.74) is 1.26. The number of unbranched alkanes of at least 4 members (excludes halogenated alkanes) is 1. The molecule has 2 rings (SSSR count). The molecular formula is C19H31NO2. The lowest BCUT2D eigenvalue weighted by Crippen LogP contribution is -2.33. The Balaban J connectivity index is 1.88. The number of hydrogen-bond acceptors (Lipinski definition) is 3. The fourth-order valence-electron chi connectivity index (χ4n) is 3.15. The highest BCUT2D eigenvalue weighted by molar-refractivity contribution is 5.42. The molecule has 0 aliphatic heterocycles. The third kappa shape index (κ3) is 5.20. The lowest BCUT2D eigenvalue weighted by atomic mass is 9.87. The van der Waals surface area contributed by atoms with Crippen molar-refractivity contribution in [2.75, 3.05) is 13.7 Å². The molecule has 2 unspecified atom stereocenters. The number of rotatable bonds is 8. The molecule has 3 heteroatoms. The third-order valence-electron chi connectivity index (χ3n) is 4.51. The van der Waals surface area contributed by atoms with Gasteiger partial charge in [-0.2, -0.15) is 0 Å². The quantitative estimate of drug-likeness (QED) is 0.715. The second kappa shape index (κ2) is 9.04. The minimum Gasteiger partial charge on any atom is -0.493 e. The van der Waals surface area contributed by atoms with Crippen LogP contribution in [0.3, 0.4) is 0 Å². The maximum atomic E-state index is 5.79. The summed E-state index contributed by atoms with van der Waals surface area (Å²) < 4.78 is 11.3. The Morgan fingerprint density at radius 1 is 1.23 bits per heavy atom. The van der Waals surface area contributed by atoms with E-state index in [2.05, 4.69) is 31.3 Å². The molecule has 3 nitrogen and oxygen atoms in total. The van der Waals surface area contributed by atoms with Gasteiger partial charge in [0, 0.05) is 12.6 Å². The molecular weight excluding hydrogens is 274 g/mol. The molecule has 1 fully saturated rings. The van der Waals surface area contributed by atoms with E-state index in [1.165, 1.54) is 31.2 Å². The maximum absolute atomic E-state index is 5.79. The van der Waals surface area contributed by atoms with Crippen molar-refractivity contribution in [1.29, 1.82) is 0 Å². The van der Waals surface area contributed by atoms with E-state index < -0.39 is 0 Å². The molecule has 1 aliphatic carbocycles. The van der Waals surface area contributed by atoms with Crippen molar-refractivity contribution in [3.8, 4) is 11.5 Å². The molecule has 0 aromatic heterocycles. The van der Waals surface area contributed by atoms with Gasteiger partial charge in [-0.25, -0.2) is 0 Å². The molecule has 1 N–H and O–H groups in total. The van der Waals surface area contributed by atoms with Gasteiger partial charge in [0.05, 0.1) is 13.7 Å². The van der Waals surface area contributed by atoms with Crippen molar-refractivity contribution in [2.45, 2.75) is 65.0 Å². The number of nitrogens with one attached hydrogen (secondary N) is 1. The Labute approximate surface area is 135 Å². The van der Waals surface area contributed by atoms with Gasteiger partial charge in [-0.15, -0.1) is 0 Å². The Hall–Kier alpha value is -1.22. The number of methoxy groups -OCH3 is 1. The van der Waals surface area contributed by atoms with Gasteiger partial charge in [-0.3, -0.25) is 0 Å². The average Bonchev–Trinajstić information content (AvgIpc) is 2.54. The van der Waals surface area contributed by atoms with Gasteiger partial charge in [0.25, 0.3) is 0 Å². The first-order chi connectivity index (χ1) is 10.7. The van der Waals surface area contributed by atoms with Gasteiger partial charge in [0.2, 0.25) is 0 Å². The first kappa shape index (κ1) is 17.1. The monoisotopic (exact) mass is 305 g/mol. The van der Waals surface area contributed by atoms with Crippen molar-refractivity contribution in [3.05, 3.63) is 23.8 Å². The van der Waals surface area contributed by atoms with Crippen molar-refractivity contribution >= 4 is 0 Å². The molecule has 1 aliphatic rings. The summed E-state index contributed by atoms with van der Waals surface area (Å²) in [4.78, 5) is 0. The minimum atomic E-state index is 0.662. The molecule has 22 heavy (non-hydrogen) atoms. The molecule has 1 saturated carbocycles. The summed E-state index contributed by atoms with van der Waals surface area (Å²) in [6, 6.07) is 6.94. The third-order valence-corrected chi connectivity index (χ3v) is 4.51. The lowest BCUT2D eigenvalue weighted by molar-refractivity contribution is 0.287. The van der Waals surface area contributed by atoms with Gasteiger partial charge in [-0.1, -0.05) is 39.2 Å². The second-order valence-corrected chi connectivity index (χ2v) is 6.54. The van der Waals surface area contributed by atoms with Gasteiger partial charge < -0.3 is 14.8 Å². The van der Waals surface area contributed by atoms with Crippen LogP contribution >= 0.6 is 0 Å². The smallest absolute Gasteiger partial charge is 0.161 e. The average molecular weight is 305 g/mol. The molecule has 0 heterocycles. The zero-order valence-corrected chi connectivity index (χ0v) is 14.4. The molecule has 1 aromatic rings. The predicted octanol–water partition coefficient (Wildman–Crippen LogP) is 4.54. The number of benzene rings is 1. The van der Waals surface area contributed by atoms with Crippen LogP contribution in [0, 0.1) is 5.92 Å². The van der Waals surface area contributed by atoms with Crippen LogP contribution in [0.4, 0.5) is 0 Å². The summed E-state index contributed by atoms with van der Waals surface area (Å²) in [7, 11) is 1.71. The fourth-order valence-corrected chi connectivity index (χ4v) is 3.15. The van der Waals surface area contributed by atoms with Crippen molar-refractivity contribution < 1.29 is 9.47 Å². The normalized spacial score (nSPS) is 21.6. The summed E-state index contributed by atoms with van der Waals surface area (Å²) >= 11 is 0. The topological polar surface area (TPSA) is 30.5 Å². The van der Waals surface area contributed by atoms with Crippen LogP contribution in [-0.2, 0) is 6.54 Å². The van der Waals surface area contributed by atoms with Gasteiger partial charge in [0.1, 0.15) is 0 Å². The first-order valence-corrected chi connectivity index (χ1v) is 8.76. The van der Waals surface area contributed by atoms with Gasteiger partial charge >= 0.3 is 0 Å². The lowest BCUT2D eigenvalue weighted by Gasteiger charge is -2.27. The van der Waals surface area contributed by atoms with Crippen LogP contribution in [0.25, 0.3) is 0 Å². The van der Waals surface area contributed by atoms with Crippen LogP contribution in [0.5, 0.6) is 11.5 Å². The van der Waals surface area contributed by atoms with Crippen LogP contribution in [-0.4, -0.2) is 19.8 Å². The highest BCUT2D eigenvalue weighted by Crippen LogP contribution is 2.29. The van der Waals surface area contributed by atoms with Crippen LogP contribution in [0.15, 0.2) is 18.2 Å². The molecule has 2 atom stereocenters. The van der Waals surface area contributed by atoms with E-state index in [-0.39, 0.29) is 0 Å². The summed E-state index contributed by atoms with van der Waals surface area (Å²) in [5.74, 6) is 2.55. The SMILES string of the molecule is CCCCOc1ccc(CNC2CCCC(C)C2)cc1OC. The second-order valence-electron chi connectivity index (χ2n) is 6.54. The summed E-state index contributed by atoms with van der Waals surface area (Å²) in [5, 5.41) is 3.70. The highest BCUT2D eigenvalue weighted by Gasteiger charge is 2.18. The molecule has 1 aromatic carbocycles. The zero-order valence-electron chi connectivity index (χ0n) is 14.4. The Kier molecular flexibility index (Phi) is 7.04. The standard InChI is InChI=1S/C19H31NO2/c1-4-5-11-22-18-10-9-16(13-19(18)21-3)14-20-17-8-6-7-15(2)12-17/h9-10,13,15,17,20H,4-8,11-12,14H2,1-3H3. The summed E-state index contributed by atoms with van der Waals surface area (Å²) in [6.07, 6.45) is 7.56. The van der Waals surface area contributed by atoms with E-state index in [9.17, 15) is 0 Å². The van der Waals surface area contributed by atoms with E-state index in [4.69, 9.17) is 9.47 Å². The van der Waals surface area contributed by atoms with E-state index in [0.717, 1.165) is 43.4 Å². The van der Waals surface area contributed by atoms with Crippen LogP contribution < -0.4 is 14.8 Å². The highest BCUT2D eigenvalue weighted by atomic mass is 16.5. The Morgan fingerprint density at radius 3 is 2.82 bits per heavy atom. The fraction of sp³-hybridized carbons (Fsp3) is 0.684. The van der Waals surface area contributed by atoms with E-state index >= 15 is 0 Å². The van der Waals surface area contributed by atoms with Crippen molar-refractivity contribution in [3.63, 3.8) is 0 Å². The number of hydrogen-bond donors (Lipinski definition) is 1. The molecule has 0 bridgehead atoms.